The lowest BCUT2D eigenvalue weighted by molar-refractivity contribution is 0.0678. The summed E-state index contributed by atoms with van der Waals surface area (Å²) in [4.78, 5) is 22.8. The third-order valence-corrected chi connectivity index (χ3v) is 2.52. The Morgan fingerprint density at radius 2 is 1.60 bits per heavy atom. The molecule has 0 atom stereocenters. The number of carboxylic acids is 1. The second-order valence-electron chi connectivity index (χ2n) is 3.90. The van der Waals surface area contributed by atoms with Gasteiger partial charge in [-0.15, -0.1) is 0 Å². The van der Waals surface area contributed by atoms with Crippen molar-refractivity contribution in [3.63, 3.8) is 0 Å². The van der Waals surface area contributed by atoms with E-state index in [1.54, 1.807) is 0 Å². The average Bonchev–Trinajstić information content (AvgIpc) is 2.41. The van der Waals surface area contributed by atoms with Crippen LogP contribution in [0.4, 0.5) is 0 Å². The Bertz CT molecular complexity index is 660. The molecule has 0 radical (unpaired) electrons. The van der Waals surface area contributed by atoms with Gasteiger partial charge in [0.15, 0.2) is 11.5 Å². The Balaban J connectivity index is 2.32. The molecule has 102 valence electrons. The summed E-state index contributed by atoms with van der Waals surface area (Å²) in [5.41, 5.74) is -0.209. The van der Waals surface area contributed by atoms with E-state index in [0.717, 1.165) is 0 Å². The number of phenols is 2. The molecule has 3 N–H and O–H groups in total. The zero-order valence-electron chi connectivity index (χ0n) is 10.1. The zero-order valence-corrected chi connectivity index (χ0v) is 10.1. The van der Waals surface area contributed by atoms with E-state index in [9.17, 15) is 14.7 Å². The SMILES string of the molecule is O=C(Oc1c(O)cccc1C(=O)O)c1ccc(O)cc1. The van der Waals surface area contributed by atoms with Crippen molar-refractivity contribution in [2.45, 2.75) is 0 Å². The van der Waals surface area contributed by atoms with Crippen molar-refractivity contribution >= 4 is 11.9 Å². The van der Waals surface area contributed by atoms with Gasteiger partial charge in [-0.05, 0) is 36.4 Å². The molecule has 0 saturated carbocycles. The Morgan fingerprint density at radius 3 is 2.20 bits per heavy atom. The number of phenolic OH excluding ortho intramolecular Hbond substituents is 2. The van der Waals surface area contributed by atoms with Gasteiger partial charge in [0.25, 0.3) is 0 Å². The van der Waals surface area contributed by atoms with E-state index in [0.29, 0.717) is 0 Å². The van der Waals surface area contributed by atoms with Gasteiger partial charge in [0.05, 0.1) is 5.56 Å². The quantitative estimate of drug-likeness (QED) is 0.584. The highest BCUT2D eigenvalue weighted by molar-refractivity contribution is 5.96. The highest BCUT2D eigenvalue weighted by Crippen LogP contribution is 2.30. The highest BCUT2D eigenvalue weighted by atomic mass is 16.5. The van der Waals surface area contributed by atoms with Crippen molar-refractivity contribution in [2.75, 3.05) is 0 Å². The minimum Gasteiger partial charge on any atom is -0.508 e. The van der Waals surface area contributed by atoms with E-state index in [4.69, 9.17) is 14.9 Å². The molecule has 0 bridgehead atoms. The molecule has 2 aromatic rings. The van der Waals surface area contributed by atoms with Crippen LogP contribution in [0.5, 0.6) is 17.2 Å². The molecule has 6 nitrogen and oxygen atoms in total. The lowest BCUT2D eigenvalue weighted by Crippen LogP contribution is -2.11. The second-order valence-corrected chi connectivity index (χ2v) is 3.90. The van der Waals surface area contributed by atoms with Crippen LogP contribution in [0.15, 0.2) is 42.5 Å². The molecule has 0 unspecified atom stereocenters. The number of benzene rings is 2. The Kier molecular flexibility index (Phi) is 3.56. The molecule has 2 rings (SSSR count). The molecule has 0 fully saturated rings. The summed E-state index contributed by atoms with van der Waals surface area (Å²) in [5, 5.41) is 27.7. The number of carbonyl (C=O) groups is 2. The topological polar surface area (TPSA) is 104 Å². The lowest BCUT2D eigenvalue weighted by atomic mass is 10.2. The van der Waals surface area contributed by atoms with E-state index >= 15 is 0 Å². The Morgan fingerprint density at radius 1 is 0.950 bits per heavy atom. The van der Waals surface area contributed by atoms with Crippen molar-refractivity contribution in [1.29, 1.82) is 0 Å². The van der Waals surface area contributed by atoms with Crippen LogP contribution in [0.1, 0.15) is 20.7 Å². The van der Waals surface area contributed by atoms with Gasteiger partial charge in [-0.3, -0.25) is 0 Å². The maximum Gasteiger partial charge on any atom is 0.343 e. The minimum absolute atomic E-state index is 0.0182. The fraction of sp³-hybridized carbons (Fsp3) is 0. The molecule has 0 heterocycles. The van der Waals surface area contributed by atoms with Crippen LogP contribution in [0, 0.1) is 0 Å². The van der Waals surface area contributed by atoms with Crippen LogP contribution in [-0.2, 0) is 0 Å². The predicted molar refractivity (Wildman–Crippen MR) is 68.1 cm³/mol. The number of hydrogen-bond donors (Lipinski definition) is 3. The third kappa shape index (κ3) is 2.69. The van der Waals surface area contributed by atoms with Gasteiger partial charge >= 0.3 is 11.9 Å². The van der Waals surface area contributed by atoms with Crippen LogP contribution in [0.2, 0.25) is 0 Å². The summed E-state index contributed by atoms with van der Waals surface area (Å²) >= 11 is 0. The maximum absolute atomic E-state index is 11.8. The number of carbonyl (C=O) groups excluding carboxylic acids is 1. The van der Waals surface area contributed by atoms with E-state index < -0.39 is 23.4 Å². The molecule has 6 heteroatoms. The first-order valence-electron chi connectivity index (χ1n) is 5.55. The van der Waals surface area contributed by atoms with E-state index in [1.165, 1.54) is 42.5 Å². The van der Waals surface area contributed by atoms with Crippen LogP contribution in [-0.4, -0.2) is 27.3 Å². The summed E-state index contributed by atoms with van der Waals surface area (Å²) in [7, 11) is 0. The normalized spacial score (nSPS) is 10.0. The molecule has 20 heavy (non-hydrogen) atoms. The van der Waals surface area contributed by atoms with Gasteiger partial charge in [-0.2, -0.15) is 0 Å². The number of aromatic carboxylic acids is 1. The third-order valence-electron chi connectivity index (χ3n) is 2.52. The van der Waals surface area contributed by atoms with Gasteiger partial charge in [0.2, 0.25) is 0 Å². The van der Waals surface area contributed by atoms with Crippen LogP contribution >= 0.6 is 0 Å². The molecule has 0 spiro atoms. The monoisotopic (exact) mass is 274 g/mol. The number of hydrogen-bond acceptors (Lipinski definition) is 5. The van der Waals surface area contributed by atoms with Crippen molar-refractivity contribution < 1.29 is 29.6 Å². The fourth-order valence-corrected chi connectivity index (χ4v) is 1.55. The number of para-hydroxylation sites is 1. The summed E-state index contributed by atoms with van der Waals surface area (Å²) < 4.78 is 4.91. The first-order chi connectivity index (χ1) is 9.49. The van der Waals surface area contributed by atoms with Crippen molar-refractivity contribution in [2.24, 2.45) is 0 Å². The Labute approximate surface area is 113 Å². The number of rotatable bonds is 3. The number of ether oxygens (including phenoxy) is 1. The molecular formula is C14H10O6. The summed E-state index contributed by atoms with van der Waals surface area (Å²) in [5.74, 6) is -3.05. The molecule has 0 aliphatic heterocycles. The zero-order chi connectivity index (χ0) is 14.7. The van der Waals surface area contributed by atoms with Crippen LogP contribution in [0.25, 0.3) is 0 Å². The number of carboxylic acid groups (broad SMARTS) is 1. The first kappa shape index (κ1) is 13.4. The first-order valence-corrected chi connectivity index (χ1v) is 5.55. The van der Waals surface area contributed by atoms with Crippen molar-refractivity contribution in [1.82, 2.24) is 0 Å². The number of aromatic hydroxyl groups is 2. The fourth-order valence-electron chi connectivity index (χ4n) is 1.55. The Hall–Kier alpha value is -3.02. The molecule has 0 saturated heterocycles. The number of esters is 1. The van der Waals surface area contributed by atoms with Gasteiger partial charge in [-0.25, -0.2) is 9.59 Å². The minimum atomic E-state index is -1.32. The molecule has 2 aromatic carbocycles. The van der Waals surface area contributed by atoms with E-state index in [-0.39, 0.29) is 16.9 Å². The van der Waals surface area contributed by atoms with Crippen LogP contribution in [0.3, 0.4) is 0 Å². The van der Waals surface area contributed by atoms with E-state index in [1.807, 2.05) is 0 Å². The molecule has 0 aliphatic rings. The smallest absolute Gasteiger partial charge is 0.343 e. The lowest BCUT2D eigenvalue weighted by Gasteiger charge is -2.09. The predicted octanol–water partition coefficient (Wildman–Crippen LogP) is 2.02. The molecule has 0 aromatic heterocycles. The average molecular weight is 274 g/mol. The maximum atomic E-state index is 11.8. The summed E-state index contributed by atoms with van der Waals surface area (Å²) in [6.45, 7) is 0. The molecule has 0 amide bonds. The molecular weight excluding hydrogens is 264 g/mol. The highest BCUT2D eigenvalue weighted by Gasteiger charge is 2.19. The van der Waals surface area contributed by atoms with E-state index in [2.05, 4.69) is 0 Å². The van der Waals surface area contributed by atoms with Crippen molar-refractivity contribution in [3.8, 4) is 17.2 Å². The summed E-state index contributed by atoms with van der Waals surface area (Å²) in [6, 6.07) is 8.97. The standard InChI is InChI=1S/C14H10O6/c15-9-6-4-8(5-7-9)14(19)20-12-10(13(17)18)2-1-3-11(12)16/h1-7,15-16H,(H,17,18). The van der Waals surface area contributed by atoms with Gasteiger partial charge in [0, 0.05) is 0 Å². The van der Waals surface area contributed by atoms with Gasteiger partial charge in [0.1, 0.15) is 11.3 Å². The van der Waals surface area contributed by atoms with Gasteiger partial charge < -0.3 is 20.1 Å². The second kappa shape index (κ2) is 5.31. The summed E-state index contributed by atoms with van der Waals surface area (Å²) in [6.07, 6.45) is 0. The largest absolute Gasteiger partial charge is 0.508 e. The molecule has 0 aliphatic carbocycles. The van der Waals surface area contributed by atoms with Crippen LogP contribution < -0.4 is 4.74 Å². The van der Waals surface area contributed by atoms with Crippen molar-refractivity contribution in [3.05, 3.63) is 53.6 Å². The van der Waals surface area contributed by atoms with Gasteiger partial charge in [-0.1, -0.05) is 6.07 Å².